The molecule has 32 heavy (non-hydrogen) atoms. The highest BCUT2D eigenvalue weighted by molar-refractivity contribution is 5.52. The van der Waals surface area contributed by atoms with Crippen molar-refractivity contribution >= 4 is 0 Å². The standard InChI is InChI=1S/C23H25N3O6/c1-25-21(27)19(22(28)26(23(25)29)14-5-7-15(30-2)8-6-14)20-16-12-18(32-4)17(31-3)11-13(16)9-10-24-20/h5-8,11-12,20,24,27H,9-10H2,1-4H3/t20-/m0/s1. The lowest BCUT2D eigenvalue weighted by Gasteiger charge is -2.29. The lowest BCUT2D eigenvalue weighted by Crippen LogP contribution is -2.43. The van der Waals surface area contributed by atoms with Crippen molar-refractivity contribution in [3.8, 4) is 28.8 Å². The van der Waals surface area contributed by atoms with Crippen LogP contribution in [0.5, 0.6) is 23.1 Å². The Bertz CT molecular complexity index is 1280. The molecule has 2 aromatic carbocycles. The molecule has 9 nitrogen and oxygen atoms in total. The first-order valence-electron chi connectivity index (χ1n) is 10.1. The maximum Gasteiger partial charge on any atom is 0.338 e. The van der Waals surface area contributed by atoms with E-state index in [1.807, 2.05) is 6.07 Å². The van der Waals surface area contributed by atoms with Crippen molar-refractivity contribution in [2.24, 2.45) is 7.05 Å². The number of hydrogen-bond acceptors (Lipinski definition) is 7. The quantitative estimate of drug-likeness (QED) is 0.621. The van der Waals surface area contributed by atoms with Gasteiger partial charge >= 0.3 is 5.69 Å². The Hall–Kier alpha value is -3.72. The van der Waals surface area contributed by atoms with Gasteiger partial charge in [-0.05, 0) is 53.9 Å². The summed E-state index contributed by atoms with van der Waals surface area (Å²) in [6, 6.07) is 9.62. The van der Waals surface area contributed by atoms with Gasteiger partial charge in [-0.25, -0.2) is 9.36 Å². The van der Waals surface area contributed by atoms with E-state index in [4.69, 9.17) is 14.2 Å². The van der Waals surface area contributed by atoms with Crippen LogP contribution in [0.15, 0.2) is 46.0 Å². The largest absolute Gasteiger partial charge is 0.497 e. The van der Waals surface area contributed by atoms with Crippen molar-refractivity contribution in [3.05, 3.63) is 73.9 Å². The average Bonchev–Trinajstić information content (AvgIpc) is 2.82. The minimum Gasteiger partial charge on any atom is -0.497 e. The highest BCUT2D eigenvalue weighted by Crippen LogP contribution is 2.38. The number of aromatic hydroxyl groups is 1. The number of aromatic nitrogens is 2. The molecule has 2 heterocycles. The monoisotopic (exact) mass is 439 g/mol. The third kappa shape index (κ3) is 3.40. The number of fused-ring (bicyclic) bond motifs is 1. The zero-order valence-electron chi connectivity index (χ0n) is 18.3. The van der Waals surface area contributed by atoms with Crippen LogP contribution in [0.25, 0.3) is 5.69 Å². The van der Waals surface area contributed by atoms with Crippen molar-refractivity contribution in [2.75, 3.05) is 27.9 Å². The third-order valence-corrected chi connectivity index (χ3v) is 5.79. The normalized spacial score (nSPS) is 15.2. The number of rotatable bonds is 5. The van der Waals surface area contributed by atoms with E-state index in [0.717, 1.165) is 20.3 Å². The second kappa shape index (κ2) is 8.43. The predicted molar refractivity (Wildman–Crippen MR) is 119 cm³/mol. The van der Waals surface area contributed by atoms with Gasteiger partial charge in [-0.1, -0.05) is 0 Å². The summed E-state index contributed by atoms with van der Waals surface area (Å²) in [7, 11) is 6.07. The Labute approximate surface area is 184 Å². The van der Waals surface area contributed by atoms with E-state index >= 15 is 0 Å². The molecule has 2 N–H and O–H groups in total. The zero-order chi connectivity index (χ0) is 23.0. The fraction of sp³-hybridized carbons (Fsp3) is 0.304. The van der Waals surface area contributed by atoms with Crippen LogP contribution < -0.4 is 30.8 Å². The Morgan fingerprint density at radius 2 is 1.66 bits per heavy atom. The summed E-state index contributed by atoms with van der Waals surface area (Å²) in [5, 5.41) is 14.2. The van der Waals surface area contributed by atoms with E-state index < -0.39 is 17.3 Å². The molecule has 168 valence electrons. The summed E-state index contributed by atoms with van der Waals surface area (Å²) in [5.41, 5.74) is 0.953. The molecule has 0 amide bonds. The van der Waals surface area contributed by atoms with Gasteiger partial charge < -0.3 is 24.6 Å². The van der Waals surface area contributed by atoms with E-state index in [-0.39, 0.29) is 11.4 Å². The molecule has 1 aromatic heterocycles. The Balaban J connectivity index is 1.95. The van der Waals surface area contributed by atoms with E-state index in [1.165, 1.54) is 21.3 Å². The van der Waals surface area contributed by atoms with Crippen molar-refractivity contribution in [1.82, 2.24) is 14.5 Å². The summed E-state index contributed by atoms with van der Waals surface area (Å²) in [6.07, 6.45) is 0.714. The SMILES string of the molecule is COc1ccc(-n2c(=O)c([C@H]3NCCc4cc(OC)c(OC)cc43)c(O)n(C)c2=O)cc1. The van der Waals surface area contributed by atoms with E-state index in [0.29, 0.717) is 35.9 Å². The minimum absolute atomic E-state index is 0.0797. The maximum atomic E-state index is 13.6. The van der Waals surface area contributed by atoms with Crippen LogP contribution in [-0.2, 0) is 13.5 Å². The number of ether oxygens (including phenoxy) is 3. The minimum atomic E-state index is -0.648. The van der Waals surface area contributed by atoms with Gasteiger partial charge in [0, 0.05) is 13.6 Å². The first kappa shape index (κ1) is 21.5. The molecule has 0 saturated heterocycles. The molecule has 3 aromatic rings. The molecule has 0 unspecified atom stereocenters. The van der Waals surface area contributed by atoms with Crippen molar-refractivity contribution < 1.29 is 19.3 Å². The van der Waals surface area contributed by atoms with Gasteiger partial charge in [-0.2, -0.15) is 0 Å². The molecule has 0 spiro atoms. The van der Waals surface area contributed by atoms with Crippen molar-refractivity contribution in [3.63, 3.8) is 0 Å². The van der Waals surface area contributed by atoms with Crippen LogP contribution in [0.4, 0.5) is 0 Å². The average molecular weight is 439 g/mol. The number of benzene rings is 2. The smallest absolute Gasteiger partial charge is 0.338 e. The van der Waals surface area contributed by atoms with Crippen LogP contribution in [-0.4, -0.2) is 42.1 Å². The third-order valence-electron chi connectivity index (χ3n) is 5.79. The van der Waals surface area contributed by atoms with Gasteiger partial charge in [0.25, 0.3) is 5.56 Å². The first-order chi connectivity index (χ1) is 15.4. The molecule has 0 saturated carbocycles. The topological polar surface area (TPSA) is 104 Å². The summed E-state index contributed by atoms with van der Waals surface area (Å²) >= 11 is 0. The van der Waals surface area contributed by atoms with Crippen LogP contribution in [0.1, 0.15) is 22.7 Å². The molecule has 0 bridgehead atoms. The highest BCUT2D eigenvalue weighted by Gasteiger charge is 2.31. The summed E-state index contributed by atoms with van der Waals surface area (Å²) < 4.78 is 18.1. The second-order valence-corrected chi connectivity index (χ2v) is 7.46. The molecule has 1 aliphatic rings. The molecule has 1 aliphatic heterocycles. The lowest BCUT2D eigenvalue weighted by atomic mass is 9.90. The second-order valence-electron chi connectivity index (χ2n) is 7.46. The fourth-order valence-electron chi connectivity index (χ4n) is 4.08. The molecular weight excluding hydrogens is 414 g/mol. The highest BCUT2D eigenvalue weighted by atomic mass is 16.5. The van der Waals surface area contributed by atoms with Crippen LogP contribution in [0.2, 0.25) is 0 Å². The molecule has 0 radical (unpaired) electrons. The Kier molecular flexibility index (Phi) is 5.67. The van der Waals surface area contributed by atoms with Gasteiger partial charge in [-0.3, -0.25) is 9.36 Å². The molecule has 0 fully saturated rings. The van der Waals surface area contributed by atoms with E-state index in [1.54, 1.807) is 37.4 Å². The summed E-state index contributed by atoms with van der Waals surface area (Å²) in [6.45, 7) is 0.581. The molecular formula is C23H25N3O6. The van der Waals surface area contributed by atoms with Crippen LogP contribution in [0.3, 0.4) is 0 Å². The first-order valence-corrected chi connectivity index (χ1v) is 10.1. The maximum absolute atomic E-state index is 13.6. The lowest BCUT2D eigenvalue weighted by molar-refractivity contribution is 0.352. The fourth-order valence-corrected chi connectivity index (χ4v) is 4.08. The summed E-state index contributed by atoms with van der Waals surface area (Å²) in [5.74, 6) is 1.32. The van der Waals surface area contributed by atoms with E-state index in [9.17, 15) is 14.7 Å². The Morgan fingerprint density at radius 1 is 1.00 bits per heavy atom. The van der Waals surface area contributed by atoms with Gasteiger partial charge in [-0.15, -0.1) is 0 Å². The van der Waals surface area contributed by atoms with Gasteiger partial charge in [0.05, 0.1) is 38.6 Å². The van der Waals surface area contributed by atoms with Crippen LogP contribution >= 0.6 is 0 Å². The molecule has 4 rings (SSSR count). The Morgan fingerprint density at radius 3 is 2.28 bits per heavy atom. The van der Waals surface area contributed by atoms with Gasteiger partial charge in [0.15, 0.2) is 11.5 Å². The summed E-state index contributed by atoms with van der Waals surface area (Å²) in [4.78, 5) is 26.5. The van der Waals surface area contributed by atoms with Crippen LogP contribution in [0, 0.1) is 0 Å². The van der Waals surface area contributed by atoms with Crippen molar-refractivity contribution in [1.29, 1.82) is 0 Å². The molecule has 0 aliphatic carbocycles. The number of nitrogens with one attached hydrogen (secondary N) is 1. The number of methoxy groups -OCH3 is 3. The molecule has 1 atom stereocenters. The number of nitrogens with zero attached hydrogens (tertiary/aromatic N) is 2. The van der Waals surface area contributed by atoms with E-state index in [2.05, 4.69) is 5.32 Å². The molecule has 9 heteroatoms. The predicted octanol–water partition coefficient (Wildman–Crippen LogP) is 1.50. The number of hydrogen-bond donors (Lipinski definition) is 2. The van der Waals surface area contributed by atoms with Crippen molar-refractivity contribution in [2.45, 2.75) is 12.5 Å². The zero-order valence-corrected chi connectivity index (χ0v) is 18.3. The van der Waals surface area contributed by atoms with Gasteiger partial charge in [0.1, 0.15) is 5.75 Å². The van der Waals surface area contributed by atoms with Gasteiger partial charge in [0.2, 0.25) is 5.88 Å².